The Bertz CT molecular complexity index is 850. The third-order valence-corrected chi connectivity index (χ3v) is 3.64. The summed E-state index contributed by atoms with van der Waals surface area (Å²) >= 11 is 0. The van der Waals surface area contributed by atoms with Gasteiger partial charge in [-0.1, -0.05) is 47.5 Å². The highest BCUT2D eigenvalue weighted by molar-refractivity contribution is 5.36. The van der Waals surface area contributed by atoms with Gasteiger partial charge >= 0.3 is 6.18 Å². The van der Waals surface area contributed by atoms with Gasteiger partial charge in [0.2, 0.25) is 5.88 Å². The third kappa shape index (κ3) is 4.02. The van der Waals surface area contributed by atoms with Gasteiger partial charge in [-0.25, -0.2) is 4.68 Å². The number of aryl methyl sites for hydroxylation is 2. The van der Waals surface area contributed by atoms with Crippen LogP contribution in [0.4, 0.5) is 13.2 Å². The molecule has 0 atom stereocenters. The Kier molecular flexibility index (Phi) is 4.53. The predicted molar refractivity (Wildman–Crippen MR) is 88.8 cm³/mol. The molecule has 3 nitrogen and oxygen atoms in total. The van der Waals surface area contributed by atoms with Crippen molar-refractivity contribution >= 4 is 0 Å². The lowest BCUT2D eigenvalue weighted by molar-refractivity contribution is -0.141. The Labute approximate surface area is 143 Å². The summed E-state index contributed by atoms with van der Waals surface area (Å²) in [6, 6.07) is 15.5. The van der Waals surface area contributed by atoms with E-state index >= 15 is 0 Å². The van der Waals surface area contributed by atoms with Crippen molar-refractivity contribution in [1.29, 1.82) is 0 Å². The van der Waals surface area contributed by atoms with Gasteiger partial charge in [-0.15, -0.1) is 0 Å². The van der Waals surface area contributed by atoms with Crippen LogP contribution >= 0.6 is 0 Å². The summed E-state index contributed by atoms with van der Waals surface area (Å²) in [4.78, 5) is 0. The number of ether oxygens (including phenoxy) is 1. The van der Waals surface area contributed by atoms with Gasteiger partial charge in [0.25, 0.3) is 0 Å². The Balaban J connectivity index is 1.93. The van der Waals surface area contributed by atoms with E-state index < -0.39 is 11.9 Å². The Hall–Kier alpha value is -2.76. The standard InChI is InChI=1S/C19H17F3N2O/c1-13-8-14(2)10-15(9-13)12-25-18-11-17(19(20,21)22)23-24(18)16-6-4-3-5-7-16/h3-11H,12H2,1-2H3. The predicted octanol–water partition coefficient (Wildman–Crippen LogP) is 5.09. The molecule has 0 aliphatic heterocycles. The fraction of sp³-hybridized carbons (Fsp3) is 0.211. The number of rotatable bonds is 4. The van der Waals surface area contributed by atoms with Crippen LogP contribution in [0.5, 0.6) is 5.88 Å². The van der Waals surface area contributed by atoms with E-state index in [9.17, 15) is 13.2 Å². The smallest absolute Gasteiger partial charge is 0.435 e. The molecule has 0 aliphatic carbocycles. The monoisotopic (exact) mass is 346 g/mol. The maximum absolute atomic E-state index is 13.0. The second-order valence-electron chi connectivity index (χ2n) is 5.90. The first-order valence-electron chi connectivity index (χ1n) is 7.75. The molecule has 0 radical (unpaired) electrons. The number of halogens is 3. The summed E-state index contributed by atoms with van der Waals surface area (Å²) in [5.74, 6) is 0.0534. The Morgan fingerprint density at radius 1 is 0.960 bits per heavy atom. The molecule has 0 aliphatic rings. The van der Waals surface area contributed by atoms with Crippen molar-refractivity contribution in [2.75, 3.05) is 0 Å². The lowest BCUT2D eigenvalue weighted by Gasteiger charge is -2.10. The average molecular weight is 346 g/mol. The van der Waals surface area contributed by atoms with E-state index in [4.69, 9.17) is 4.74 Å². The zero-order chi connectivity index (χ0) is 18.0. The molecule has 25 heavy (non-hydrogen) atoms. The molecular weight excluding hydrogens is 329 g/mol. The van der Waals surface area contributed by atoms with E-state index in [0.717, 1.165) is 22.8 Å². The molecule has 1 aromatic heterocycles. The normalized spacial score (nSPS) is 11.6. The summed E-state index contributed by atoms with van der Waals surface area (Å²) in [6.07, 6.45) is -4.53. The summed E-state index contributed by atoms with van der Waals surface area (Å²) in [7, 11) is 0. The summed E-state index contributed by atoms with van der Waals surface area (Å²) in [5.41, 5.74) is 2.57. The van der Waals surface area contributed by atoms with Gasteiger partial charge in [0.05, 0.1) is 5.69 Å². The molecule has 0 fully saturated rings. The number of aromatic nitrogens is 2. The van der Waals surface area contributed by atoms with Crippen molar-refractivity contribution < 1.29 is 17.9 Å². The van der Waals surface area contributed by atoms with E-state index in [-0.39, 0.29) is 12.5 Å². The minimum Gasteiger partial charge on any atom is -0.473 e. The van der Waals surface area contributed by atoms with Crippen LogP contribution in [0.25, 0.3) is 5.69 Å². The number of benzene rings is 2. The highest BCUT2D eigenvalue weighted by Gasteiger charge is 2.35. The van der Waals surface area contributed by atoms with Crippen molar-refractivity contribution in [2.45, 2.75) is 26.6 Å². The number of hydrogen-bond acceptors (Lipinski definition) is 2. The second kappa shape index (κ2) is 6.63. The van der Waals surface area contributed by atoms with Crippen molar-refractivity contribution in [3.05, 3.63) is 77.0 Å². The van der Waals surface area contributed by atoms with Crippen molar-refractivity contribution in [2.24, 2.45) is 0 Å². The van der Waals surface area contributed by atoms with Crippen LogP contribution in [-0.2, 0) is 12.8 Å². The van der Waals surface area contributed by atoms with Gasteiger partial charge in [-0.3, -0.25) is 0 Å². The number of hydrogen-bond donors (Lipinski definition) is 0. The highest BCUT2D eigenvalue weighted by atomic mass is 19.4. The first kappa shape index (κ1) is 17.1. The van der Waals surface area contributed by atoms with Crippen LogP contribution in [0.15, 0.2) is 54.6 Å². The molecule has 2 aromatic carbocycles. The Morgan fingerprint density at radius 2 is 1.60 bits per heavy atom. The van der Waals surface area contributed by atoms with E-state index in [2.05, 4.69) is 5.10 Å². The zero-order valence-electron chi connectivity index (χ0n) is 13.8. The number of nitrogens with zero attached hydrogens (tertiary/aromatic N) is 2. The van der Waals surface area contributed by atoms with Crippen LogP contribution in [0.3, 0.4) is 0 Å². The van der Waals surface area contributed by atoms with Gasteiger partial charge in [0, 0.05) is 6.07 Å². The summed E-state index contributed by atoms with van der Waals surface area (Å²) < 4.78 is 45.9. The van der Waals surface area contributed by atoms with Crippen LogP contribution in [-0.4, -0.2) is 9.78 Å². The van der Waals surface area contributed by atoms with Crippen LogP contribution in [0.1, 0.15) is 22.4 Å². The first-order chi connectivity index (χ1) is 11.8. The maximum atomic E-state index is 13.0. The average Bonchev–Trinajstić information content (AvgIpc) is 2.97. The molecule has 0 unspecified atom stereocenters. The second-order valence-corrected chi connectivity index (χ2v) is 5.90. The molecule has 0 bridgehead atoms. The van der Waals surface area contributed by atoms with Gasteiger partial charge < -0.3 is 4.74 Å². The minimum absolute atomic E-state index is 0.0534. The summed E-state index contributed by atoms with van der Waals surface area (Å²) in [5, 5.41) is 3.67. The van der Waals surface area contributed by atoms with Gasteiger partial charge in [0.15, 0.2) is 5.69 Å². The summed E-state index contributed by atoms with van der Waals surface area (Å²) in [6.45, 7) is 4.09. The molecule has 1 heterocycles. The van der Waals surface area contributed by atoms with E-state index in [0.29, 0.717) is 5.69 Å². The fourth-order valence-electron chi connectivity index (χ4n) is 2.67. The van der Waals surface area contributed by atoms with Crippen LogP contribution in [0.2, 0.25) is 0 Å². The van der Waals surface area contributed by atoms with Crippen LogP contribution in [0, 0.1) is 13.8 Å². The molecule has 0 saturated heterocycles. The number of alkyl halides is 3. The van der Waals surface area contributed by atoms with E-state index in [1.165, 1.54) is 4.68 Å². The van der Waals surface area contributed by atoms with Crippen molar-refractivity contribution in [3.8, 4) is 11.6 Å². The topological polar surface area (TPSA) is 27.1 Å². The van der Waals surface area contributed by atoms with Gasteiger partial charge in [0.1, 0.15) is 6.61 Å². The zero-order valence-corrected chi connectivity index (χ0v) is 13.8. The molecule has 0 spiro atoms. The highest BCUT2D eigenvalue weighted by Crippen LogP contribution is 2.32. The lowest BCUT2D eigenvalue weighted by atomic mass is 10.1. The number of para-hydroxylation sites is 1. The molecule has 0 saturated carbocycles. The van der Waals surface area contributed by atoms with Crippen molar-refractivity contribution in [3.63, 3.8) is 0 Å². The van der Waals surface area contributed by atoms with E-state index in [1.54, 1.807) is 30.3 Å². The molecule has 130 valence electrons. The van der Waals surface area contributed by atoms with E-state index in [1.807, 2.05) is 32.0 Å². The Morgan fingerprint density at radius 3 is 2.20 bits per heavy atom. The largest absolute Gasteiger partial charge is 0.473 e. The molecule has 0 N–H and O–H groups in total. The fourth-order valence-corrected chi connectivity index (χ4v) is 2.67. The quantitative estimate of drug-likeness (QED) is 0.658. The van der Waals surface area contributed by atoms with Crippen LogP contribution < -0.4 is 4.74 Å². The first-order valence-corrected chi connectivity index (χ1v) is 7.75. The molecule has 3 aromatic rings. The molecule has 6 heteroatoms. The maximum Gasteiger partial charge on any atom is 0.435 e. The van der Waals surface area contributed by atoms with Gasteiger partial charge in [-0.2, -0.15) is 18.3 Å². The molecule has 3 rings (SSSR count). The molecular formula is C19H17F3N2O. The SMILES string of the molecule is Cc1cc(C)cc(COc2cc(C(F)(F)F)nn2-c2ccccc2)c1. The lowest BCUT2D eigenvalue weighted by Crippen LogP contribution is -2.07. The molecule has 0 amide bonds. The minimum atomic E-state index is -4.53. The third-order valence-electron chi connectivity index (χ3n) is 3.64. The van der Waals surface area contributed by atoms with Gasteiger partial charge in [-0.05, 0) is 31.5 Å². The van der Waals surface area contributed by atoms with Crippen molar-refractivity contribution in [1.82, 2.24) is 9.78 Å².